The highest BCUT2D eigenvalue weighted by molar-refractivity contribution is 6.14. The fourth-order valence-electron chi connectivity index (χ4n) is 5.40. The molecular weight excluding hydrogens is 632 g/mol. The summed E-state index contributed by atoms with van der Waals surface area (Å²) in [6.45, 7) is 0. The number of hydrogen-bond donors (Lipinski definition) is 4. The van der Waals surface area contributed by atoms with Gasteiger partial charge in [0.2, 0.25) is 0 Å². The second kappa shape index (κ2) is 14.3. The fourth-order valence-corrected chi connectivity index (χ4v) is 5.40. The minimum absolute atomic E-state index is 0.0292. The summed E-state index contributed by atoms with van der Waals surface area (Å²) in [6, 6.07) is 40.3. The number of carbonyl (C=O) groups is 5. The van der Waals surface area contributed by atoms with Crippen LogP contribution in [0.1, 0.15) is 57.4 Å². The highest BCUT2D eigenvalue weighted by Crippen LogP contribution is 2.26. The first-order valence-corrected chi connectivity index (χ1v) is 15.4. The van der Waals surface area contributed by atoms with Crippen molar-refractivity contribution < 1.29 is 34.2 Å². The minimum Gasteiger partial charge on any atom is -0.478 e. The zero-order chi connectivity index (χ0) is 35.2. The summed E-state index contributed by atoms with van der Waals surface area (Å²) < 4.78 is 0. The molecule has 0 unspecified atom stereocenters. The molecule has 6 aromatic carbocycles. The van der Waals surface area contributed by atoms with Gasteiger partial charge in [-0.05, 0) is 70.8 Å². The maximum Gasteiger partial charge on any atom is 0.337 e. The molecule has 0 saturated heterocycles. The molecule has 244 valence electrons. The Balaban J connectivity index is 1.24. The topological polar surface area (TPSA) is 150 Å². The summed E-state index contributed by atoms with van der Waals surface area (Å²) in [7, 11) is 0. The Kier molecular flexibility index (Phi) is 9.40. The lowest BCUT2D eigenvalue weighted by atomic mass is 9.98. The van der Waals surface area contributed by atoms with Crippen LogP contribution in [0, 0.1) is 0 Å². The minimum atomic E-state index is -1.31. The van der Waals surface area contributed by atoms with Crippen LogP contribution in [-0.2, 0) is 0 Å². The highest BCUT2D eigenvalue weighted by Gasteiger charge is 2.21. The van der Waals surface area contributed by atoms with Crippen molar-refractivity contribution in [3.8, 4) is 22.3 Å². The van der Waals surface area contributed by atoms with Crippen LogP contribution in [0.5, 0.6) is 0 Å². The van der Waals surface area contributed by atoms with Crippen molar-refractivity contribution in [3.05, 3.63) is 179 Å². The molecule has 0 heterocycles. The quantitative estimate of drug-likeness (QED) is 0.108. The van der Waals surface area contributed by atoms with Gasteiger partial charge < -0.3 is 20.8 Å². The Morgan fingerprint density at radius 3 is 1.04 bits per heavy atom. The summed E-state index contributed by atoms with van der Waals surface area (Å²) in [6.07, 6.45) is 0. The van der Waals surface area contributed by atoms with E-state index in [1.54, 1.807) is 48.5 Å². The van der Waals surface area contributed by atoms with Crippen LogP contribution in [0.2, 0.25) is 0 Å². The zero-order valence-corrected chi connectivity index (χ0v) is 26.3. The molecule has 50 heavy (non-hydrogen) atoms. The largest absolute Gasteiger partial charge is 0.478 e. The molecule has 0 radical (unpaired) electrons. The van der Waals surface area contributed by atoms with E-state index < -0.39 is 29.5 Å². The van der Waals surface area contributed by atoms with Crippen molar-refractivity contribution in [1.82, 2.24) is 0 Å². The summed E-state index contributed by atoms with van der Waals surface area (Å²) in [4.78, 5) is 64.0. The van der Waals surface area contributed by atoms with Gasteiger partial charge in [-0.15, -0.1) is 0 Å². The lowest BCUT2D eigenvalue weighted by Crippen LogP contribution is -2.17. The monoisotopic (exact) mass is 660 g/mol. The maximum absolute atomic E-state index is 13.6. The molecule has 4 N–H and O–H groups in total. The van der Waals surface area contributed by atoms with E-state index in [2.05, 4.69) is 10.6 Å². The van der Waals surface area contributed by atoms with Gasteiger partial charge in [0.15, 0.2) is 5.78 Å². The number of hydrogen-bond acceptors (Lipinski definition) is 5. The molecule has 0 bridgehead atoms. The van der Waals surface area contributed by atoms with Crippen LogP contribution < -0.4 is 10.6 Å². The van der Waals surface area contributed by atoms with Crippen LogP contribution in [0.25, 0.3) is 22.3 Å². The predicted octanol–water partition coefficient (Wildman–Crippen LogP) is 8.15. The molecule has 0 atom stereocenters. The number of carboxylic acids is 2. The Labute approximate surface area is 286 Å². The summed E-state index contributed by atoms with van der Waals surface area (Å²) in [5.74, 6) is -4.38. The van der Waals surface area contributed by atoms with Gasteiger partial charge in [-0.25, -0.2) is 9.59 Å². The Hall–Kier alpha value is -7.13. The van der Waals surface area contributed by atoms with Gasteiger partial charge in [-0.2, -0.15) is 0 Å². The fraction of sp³-hybridized carbons (Fsp3) is 0. The second-order valence-electron chi connectivity index (χ2n) is 11.3. The van der Waals surface area contributed by atoms with Crippen molar-refractivity contribution in [1.29, 1.82) is 0 Å². The summed E-state index contributed by atoms with van der Waals surface area (Å²) in [5, 5.41) is 24.8. The Bertz CT molecular complexity index is 2090. The van der Waals surface area contributed by atoms with Crippen LogP contribution in [-0.4, -0.2) is 39.7 Å². The van der Waals surface area contributed by atoms with Gasteiger partial charge in [0.05, 0.1) is 22.5 Å². The maximum atomic E-state index is 13.6. The number of ketones is 1. The summed E-state index contributed by atoms with van der Waals surface area (Å²) in [5.41, 5.74) is 3.66. The number of carboxylic acid groups (broad SMARTS) is 2. The van der Waals surface area contributed by atoms with Gasteiger partial charge in [0.25, 0.3) is 11.8 Å². The third-order valence-corrected chi connectivity index (χ3v) is 8.03. The Morgan fingerprint density at radius 1 is 0.380 bits per heavy atom. The number of rotatable bonds is 10. The highest BCUT2D eigenvalue weighted by atomic mass is 16.4. The molecule has 0 aliphatic carbocycles. The lowest BCUT2D eigenvalue weighted by Gasteiger charge is -2.13. The van der Waals surface area contributed by atoms with Gasteiger partial charge in [-0.3, -0.25) is 14.4 Å². The average molecular weight is 661 g/mol. The van der Waals surface area contributed by atoms with Crippen molar-refractivity contribution in [3.63, 3.8) is 0 Å². The van der Waals surface area contributed by atoms with E-state index in [0.29, 0.717) is 0 Å². The van der Waals surface area contributed by atoms with Gasteiger partial charge in [0.1, 0.15) is 0 Å². The van der Waals surface area contributed by atoms with Crippen LogP contribution in [0.15, 0.2) is 146 Å². The van der Waals surface area contributed by atoms with Crippen LogP contribution in [0.4, 0.5) is 11.4 Å². The van der Waals surface area contributed by atoms with Gasteiger partial charge >= 0.3 is 11.9 Å². The molecule has 2 amide bonds. The number of aromatic carboxylic acids is 2. The third kappa shape index (κ3) is 7.22. The van der Waals surface area contributed by atoms with E-state index in [0.717, 1.165) is 22.3 Å². The Morgan fingerprint density at radius 2 is 0.700 bits per heavy atom. The average Bonchev–Trinajstić information content (AvgIpc) is 3.15. The molecule has 0 spiro atoms. The first kappa shape index (κ1) is 32.8. The molecule has 0 aliphatic heterocycles. The number of amides is 2. The standard InChI is InChI=1S/C41H28N2O7/c44-37(31-19-21-33(40(47)48)35(23-31)42-38(45)29-15-11-27(12-16-29)25-7-3-1-4-8-25)32-20-22-34(41(49)50)36(24-32)43-39(46)30-17-13-28(14-18-30)26-9-5-2-6-10-26/h1-24H,(H,42,45)(H,43,46)(H,47,48)(H,49,50). The van der Waals surface area contributed by atoms with Crippen molar-refractivity contribution in [2.24, 2.45) is 0 Å². The third-order valence-electron chi connectivity index (χ3n) is 8.03. The first-order valence-electron chi connectivity index (χ1n) is 15.4. The molecule has 9 nitrogen and oxygen atoms in total. The van der Waals surface area contributed by atoms with Crippen LogP contribution in [0.3, 0.4) is 0 Å². The number of carbonyl (C=O) groups excluding carboxylic acids is 3. The van der Waals surface area contributed by atoms with Crippen molar-refractivity contribution in [2.45, 2.75) is 0 Å². The van der Waals surface area contributed by atoms with E-state index in [1.807, 2.05) is 60.7 Å². The predicted molar refractivity (Wildman–Crippen MR) is 190 cm³/mol. The van der Waals surface area contributed by atoms with Crippen molar-refractivity contribution in [2.75, 3.05) is 10.6 Å². The van der Waals surface area contributed by atoms with E-state index in [4.69, 9.17) is 0 Å². The molecule has 0 fully saturated rings. The number of anilines is 2. The molecule has 6 aromatic rings. The SMILES string of the molecule is O=C(Nc1cc(C(=O)c2ccc(C(=O)O)c(NC(=O)c3ccc(-c4ccccc4)cc3)c2)ccc1C(=O)O)c1ccc(-c2ccccc2)cc1. The van der Waals surface area contributed by atoms with E-state index in [9.17, 15) is 34.2 Å². The summed E-state index contributed by atoms with van der Waals surface area (Å²) >= 11 is 0. The molecular formula is C41H28N2O7. The number of benzene rings is 6. The van der Waals surface area contributed by atoms with Gasteiger partial charge in [0, 0.05) is 22.3 Å². The van der Waals surface area contributed by atoms with Gasteiger partial charge in [-0.1, -0.05) is 97.1 Å². The van der Waals surface area contributed by atoms with Crippen LogP contribution >= 0.6 is 0 Å². The molecule has 0 aliphatic rings. The zero-order valence-electron chi connectivity index (χ0n) is 26.3. The van der Waals surface area contributed by atoms with E-state index >= 15 is 0 Å². The van der Waals surface area contributed by atoms with Crippen molar-refractivity contribution >= 4 is 40.9 Å². The lowest BCUT2D eigenvalue weighted by molar-refractivity contribution is 0.0687. The normalized spacial score (nSPS) is 10.6. The number of nitrogens with one attached hydrogen (secondary N) is 2. The molecule has 0 aromatic heterocycles. The smallest absolute Gasteiger partial charge is 0.337 e. The second-order valence-corrected chi connectivity index (χ2v) is 11.3. The first-order chi connectivity index (χ1) is 24.2. The van der Waals surface area contributed by atoms with E-state index in [-0.39, 0.29) is 44.8 Å². The van der Waals surface area contributed by atoms with E-state index in [1.165, 1.54) is 36.4 Å². The molecule has 6 rings (SSSR count). The molecule has 0 saturated carbocycles. The molecule has 9 heteroatoms.